The van der Waals surface area contributed by atoms with Crippen molar-refractivity contribution in [1.82, 2.24) is 10.2 Å². The van der Waals surface area contributed by atoms with Gasteiger partial charge in [-0.2, -0.15) is 13.2 Å². The predicted molar refractivity (Wildman–Crippen MR) is 133 cm³/mol. The van der Waals surface area contributed by atoms with Gasteiger partial charge in [0, 0.05) is 30.3 Å². The molecule has 1 aliphatic carbocycles. The molecule has 1 aliphatic heterocycles. The van der Waals surface area contributed by atoms with Gasteiger partial charge in [0.2, 0.25) is 0 Å². The maximum absolute atomic E-state index is 13.2. The van der Waals surface area contributed by atoms with Crippen LogP contribution in [0.2, 0.25) is 0 Å². The van der Waals surface area contributed by atoms with Gasteiger partial charge in [0.25, 0.3) is 11.8 Å². The summed E-state index contributed by atoms with van der Waals surface area (Å²) in [5, 5.41) is 2.88. The fourth-order valence-electron chi connectivity index (χ4n) is 5.45. The van der Waals surface area contributed by atoms with Crippen molar-refractivity contribution in [3.63, 3.8) is 0 Å². The van der Waals surface area contributed by atoms with Crippen LogP contribution < -0.4 is 10.1 Å². The van der Waals surface area contributed by atoms with Crippen LogP contribution in [0.3, 0.4) is 0 Å². The zero-order chi connectivity index (χ0) is 26.2. The van der Waals surface area contributed by atoms with Crippen molar-refractivity contribution >= 4 is 11.8 Å². The fraction of sp³-hybridized carbons (Fsp3) is 0.310. The van der Waals surface area contributed by atoms with Gasteiger partial charge in [-0.15, -0.1) is 0 Å². The number of carbonyl (C=O) groups is 2. The molecule has 8 heteroatoms. The van der Waals surface area contributed by atoms with Gasteiger partial charge in [-0.1, -0.05) is 24.3 Å². The number of ether oxygens (including phenoxy) is 1. The second-order valence-electron chi connectivity index (χ2n) is 9.97. The first-order valence-corrected chi connectivity index (χ1v) is 12.2. The molecule has 37 heavy (non-hydrogen) atoms. The summed E-state index contributed by atoms with van der Waals surface area (Å²) in [5.41, 5.74) is -0.304. The monoisotopic (exact) mass is 508 g/mol. The standard InChI is InChI=1S/C29H27F3N2O3/c1-19-24(8-5-9-25(19)29(30,31)32)26(35)33-21-16-28(17-21)14-15-34(18-28)27(36)20-10-12-23(13-11-20)37-22-6-3-2-4-7-22/h2-13,21H,14-18H2,1H3,(H,33,35). The van der Waals surface area contributed by atoms with Crippen LogP contribution in [0, 0.1) is 12.3 Å². The van der Waals surface area contributed by atoms with Gasteiger partial charge in [0.05, 0.1) is 5.56 Å². The van der Waals surface area contributed by atoms with Gasteiger partial charge in [0.1, 0.15) is 11.5 Å². The van der Waals surface area contributed by atoms with Crippen molar-refractivity contribution < 1.29 is 27.5 Å². The molecule has 0 aromatic heterocycles. The summed E-state index contributed by atoms with van der Waals surface area (Å²) in [6, 6.07) is 20.0. The largest absolute Gasteiger partial charge is 0.457 e. The van der Waals surface area contributed by atoms with Gasteiger partial charge in [-0.3, -0.25) is 9.59 Å². The van der Waals surface area contributed by atoms with Crippen LogP contribution in [0.15, 0.2) is 72.8 Å². The molecule has 2 fully saturated rings. The van der Waals surface area contributed by atoms with Crippen molar-refractivity contribution in [3.05, 3.63) is 95.1 Å². The van der Waals surface area contributed by atoms with Gasteiger partial charge in [0.15, 0.2) is 0 Å². The zero-order valence-corrected chi connectivity index (χ0v) is 20.3. The average Bonchev–Trinajstić information content (AvgIpc) is 3.29. The second kappa shape index (κ2) is 9.57. The average molecular weight is 509 g/mol. The van der Waals surface area contributed by atoms with Crippen molar-refractivity contribution in [2.45, 2.75) is 38.4 Å². The maximum atomic E-state index is 13.2. The maximum Gasteiger partial charge on any atom is 0.416 e. The molecule has 0 atom stereocenters. The molecule has 2 amide bonds. The normalized spacial score (nSPS) is 21.0. The van der Waals surface area contributed by atoms with E-state index in [0.29, 0.717) is 37.2 Å². The number of nitrogens with one attached hydrogen (secondary N) is 1. The number of nitrogens with zero attached hydrogens (tertiary/aromatic N) is 1. The number of alkyl halides is 3. The summed E-state index contributed by atoms with van der Waals surface area (Å²) in [7, 11) is 0. The number of carbonyl (C=O) groups excluding carboxylic acids is 2. The molecule has 1 heterocycles. The number of benzene rings is 3. The Morgan fingerprint density at radius 2 is 1.62 bits per heavy atom. The summed E-state index contributed by atoms with van der Waals surface area (Å²) in [6.07, 6.45) is -2.27. The lowest BCUT2D eigenvalue weighted by Gasteiger charge is -2.45. The molecule has 5 rings (SSSR count). The van der Waals surface area contributed by atoms with Crippen LogP contribution in [-0.2, 0) is 6.18 Å². The molecular formula is C29H27F3N2O3. The van der Waals surface area contributed by atoms with Crippen molar-refractivity contribution in [2.24, 2.45) is 5.41 Å². The lowest BCUT2D eigenvalue weighted by molar-refractivity contribution is -0.138. The Morgan fingerprint density at radius 1 is 0.946 bits per heavy atom. The van der Waals surface area contributed by atoms with Crippen LogP contribution in [0.25, 0.3) is 0 Å². The molecule has 1 saturated heterocycles. The summed E-state index contributed by atoms with van der Waals surface area (Å²) >= 11 is 0. The Labute approximate surface area is 213 Å². The molecule has 1 spiro atoms. The Balaban J connectivity index is 1.15. The lowest BCUT2D eigenvalue weighted by Crippen LogP contribution is -2.52. The van der Waals surface area contributed by atoms with Crippen LogP contribution in [0.5, 0.6) is 11.5 Å². The zero-order valence-electron chi connectivity index (χ0n) is 20.3. The highest BCUT2D eigenvalue weighted by atomic mass is 19.4. The highest BCUT2D eigenvalue weighted by Gasteiger charge is 2.50. The van der Waals surface area contributed by atoms with Gasteiger partial charge in [-0.05, 0) is 85.7 Å². The van der Waals surface area contributed by atoms with Crippen LogP contribution in [-0.4, -0.2) is 35.8 Å². The molecule has 1 N–H and O–H groups in total. The second-order valence-corrected chi connectivity index (χ2v) is 9.97. The van der Waals surface area contributed by atoms with Crippen LogP contribution >= 0.6 is 0 Å². The number of hydrogen-bond acceptors (Lipinski definition) is 3. The number of amides is 2. The topological polar surface area (TPSA) is 58.6 Å². The van der Waals surface area contributed by atoms with Crippen molar-refractivity contribution in [1.29, 1.82) is 0 Å². The highest BCUT2D eigenvalue weighted by molar-refractivity contribution is 5.96. The minimum atomic E-state index is -4.50. The number of likely N-dealkylation sites (tertiary alicyclic amines) is 1. The van der Waals surface area contributed by atoms with Gasteiger partial charge < -0.3 is 15.0 Å². The summed E-state index contributed by atoms with van der Waals surface area (Å²) in [6.45, 7) is 2.55. The third-order valence-electron chi connectivity index (χ3n) is 7.38. The van der Waals surface area contributed by atoms with E-state index < -0.39 is 17.6 Å². The number of halogens is 3. The molecular weight excluding hydrogens is 481 g/mol. The number of rotatable bonds is 5. The first-order valence-electron chi connectivity index (χ1n) is 12.2. The van der Waals surface area contributed by atoms with E-state index in [1.165, 1.54) is 19.1 Å². The predicted octanol–water partition coefficient (Wildman–Crippen LogP) is 6.23. The molecule has 3 aromatic carbocycles. The Morgan fingerprint density at radius 3 is 2.30 bits per heavy atom. The van der Waals surface area contributed by atoms with E-state index in [0.717, 1.165) is 18.2 Å². The van der Waals surface area contributed by atoms with E-state index in [4.69, 9.17) is 4.74 Å². The smallest absolute Gasteiger partial charge is 0.416 e. The van der Waals surface area contributed by atoms with E-state index >= 15 is 0 Å². The highest BCUT2D eigenvalue weighted by Crippen LogP contribution is 2.48. The molecule has 5 nitrogen and oxygen atoms in total. The molecule has 1 saturated carbocycles. The minimum absolute atomic E-state index is 0.0405. The quantitative estimate of drug-likeness (QED) is 0.445. The SMILES string of the molecule is Cc1c(C(=O)NC2CC3(CCN(C(=O)c4ccc(Oc5ccccc5)cc4)C3)C2)cccc1C(F)(F)F. The Kier molecular flexibility index (Phi) is 6.43. The van der Waals surface area contributed by atoms with E-state index in [1.807, 2.05) is 35.2 Å². The number of hydrogen-bond donors (Lipinski definition) is 1. The summed E-state index contributed by atoms with van der Waals surface area (Å²) in [4.78, 5) is 27.6. The van der Waals surface area contributed by atoms with E-state index in [9.17, 15) is 22.8 Å². The molecule has 0 radical (unpaired) electrons. The van der Waals surface area contributed by atoms with E-state index in [2.05, 4.69) is 5.32 Å². The third-order valence-corrected chi connectivity index (χ3v) is 7.38. The molecule has 192 valence electrons. The summed E-state index contributed by atoms with van der Waals surface area (Å²) < 4.78 is 45.4. The number of para-hydroxylation sites is 1. The first-order chi connectivity index (χ1) is 17.6. The van der Waals surface area contributed by atoms with Crippen molar-refractivity contribution in [3.8, 4) is 11.5 Å². The van der Waals surface area contributed by atoms with Crippen molar-refractivity contribution in [2.75, 3.05) is 13.1 Å². The van der Waals surface area contributed by atoms with Crippen LogP contribution in [0.1, 0.15) is 51.1 Å². The molecule has 0 unspecified atom stereocenters. The molecule has 0 bridgehead atoms. The Bertz CT molecular complexity index is 1300. The fourth-order valence-corrected chi connectivity index (χ4v) is 5.45. The van der Waals surface area contributed by atoms with Crippen LogP contribution in [0.4, 0.5) is 13.2 Å². The van der Waals surface area contributed by atoms with Gasteiger partial charge in [-0.25, -0.2) is 0 Å². The van der Waals surface area contributed by atoms with E-state index in [1.54, 1.807) is 24.3 Å². The third kappa shape index (κ3) is 5.19. The minimum Gasteiger partial charge on any atom is -0.457 e. The molecule has 3 aromatic rings. The lowest BCUT2D eigenvalue weighted by atomic mass is 9.65. The summed E-state index contributed by atoms with van der Waals surface area (Å²) in [5.74, 6) is 0.828. The first kappa shape index (κ1) is 24.9. The van der Waals surface area contributed by atoms with E-state index in [-0.39, 0.29) is 28.5 Å². The molecule has 2 aliphatic rings. The van der Waals surface area contributed by atoms with Gasteiger partial charge >= 0.3 is 6.18 Å². The Hall–Kier alpha value is -3.81.